The van der Waals surface area contributed by atoms with Gasteiger partial charge in [-0.25, -0.2) is 0 Å². The highest BCUT2D eigenvalue weighted by molar-refractivity contribution is 7.71. The zero-order valence-electron chi connectivity index (χ0n) is 14.9. The first kappa shape index (κ1) is 18.4. The van der Waals surface area contributed by atoms with Crippen molar-refractivity contribution in [3.05, 3.63) is 79.3 Å². The van der Waals surface area contributed by atoms with E-state index >= 15 is 0 Å². The Morgan fingerprint density at radius 2 is 2.00 bits per heavy atom. The Morgan fingerprint density at radius 3 is 2.71 bits per heavy atom. The molecule has 2 heterocycles. The highest BCUT2D eigenvalue weighted by atomic mass is 35.5. The number of hydrogen-bond acceptors (Lipinski definition) is 4. The number of fused-ring (bicyclic) bond motifs is 1. The maximum atomic E-state index is 12.5. The molecule has 4 rings (SSSR count). The molecule has 0 atom stereocenters. The Kier molecular flexibility index (Phi) is 4.75. The molecule has 2 N–H and O–H groups in total. The first-order chi connectivity index (χ1) is 13.5. The Hall–Kier alpha value is -2.96. The third-order valence-corrected chi connectivity index (χ3v) is 5.19. The van der Waals surface area contributed by atoms with Crippen molar-refractivity contribution in [1.82, 2.24) is 9.55 Å². The molecule has 0 spiro atoms. The number of rotatable bonds is 3. The van der Waals surface area contributed by atoms with Crippen molar-refractivity contribution in [3.8, 4) is 11.6 Å². The molecule has 1 aliphatic rings. The van der Waals surface area contributed by atoms with Crippen molar-refractivity contribution in [2.75, 3.05) is 0 Å². The smallest absolute Gasteiger partial charge is 0.262 e. The molecule has 28 heavy (non-hydrogen) atoms. The Bertz CT molecular complexity index is 1250. The van der Waals surface area contributed by atoms with E-state index in [0.29, 0.717) is 10.7 Å². The maximum Gasteiger partial charge on any atom is 0.262 e. The van der Waals surface area contributed by atoms with Gasteiger partial charge in [0.25, 0.3) is 5.56 Å². The van der Waals surface area contributed by atoms with Crippen LogP contribution in [0.1, 0.15) is 23.6 Å². The average Bonchev–Trinajstić information content (AvgIpc) is 3.09. The molecule has 0 saturated carbocycles. The quantitative estimate of drug-likeness (QED) is 0.593. The largest absolute Gasteiger partial charge is 0.494 e. The summed E-state index contributed by atoms with van der Waals surface area (Å²) in [6, 6.07) is 12.8. The van der Waals surface area contributed by atoms with Crippen LogP contribution in [-0.2, 0) is 6.42 Å². The summed E-state index contributed by atoms with van der Waals surface area (Å²) in [6.07, 6.45) is 4.20. The lowest BCUT2D eigenvalue weighted by Gasteiger charge is -2.12. The molecule has 140 valence electrons. The molecule has 5 nitrogen and oxygen atoms in total. The van der Waals surface area contributed by atoms with Gasteiger partial charge in [0.05, 0.1) is 11.4 Å². The number of H-pyrrole nitrogens is 1. The second kappa shape index (κ2) is 7.22. The van der Waals surface area contributed by atoms with Gasteiger partial charge in [-0.2, -0.15) is 0 Å². The zero-order chi connectivity index (χ0) is 19.8. The summed E-state index contributed by atoms with van der Waals surface area (Å²) >= 11 is 11.2. The van der Waals surface area contributed by atoms with E-state index < -0.39 is 5.56 Å². The number of hydrogen-bond donors (Lipinski definition) is 2. The number of allylic oxidation sites excluding steroid dienone is 1. The maximum absolute atomic E-state index is 12.5. The number of aromatic nitrogens is 2. The van der Waals surface area contributed by atoms with Crippen LogP contribution in [0, 0.1) is 4.77 Å². The van der Waals surface area contributed by atoms with Gasteiger partial charge in [0.1, 0.15) is 5.56 Å². The van der Waals surface area contributed by atoms with Crippen LogP contribution in [0.4, 0.5) is 5.69 Å². The van der Waals surface area contributed by atoms with E-state index in [1.165, 1.54) is 4.57 Å². The molecule has 2 aromatic carbocycles. The van der Waals surface area contributed by atoms with Crippen LogP contribution in [0.5, 0.6) is 5.88 Å². The van der Waals surface area contributed by atoms with E-state index in [1.807, 2.05) is 18.2 Å². The van der Waals surface area contributed by atoms with Crippen molar-refractivity contribution in [1.29, 1.82) is 0 Å². The number of para-hydroxylation sites is 1. The minimum Gasteiger partial charge on any atom is -0.494 e. The SMILES string of the molecule is CCc1cccc2c1N=CC2=Cc1c(O)n(-c2ccc(Cl)cc2)c(=S)[nH]c1=O. The van der Waals surface area contributed by atoms with Crippen molar-refractivity contribution < 1.29 is 5.11 Å². The second-order valence-electron chi connectivity index (χ2n) is 6.33. The molecule has 0 bridgehead atoms. The van der Waals surface area contributed by atoms with E-state index in [1.54, 1.807) is 36.6 Å². The molecule has 0 saturated heterocycles. The summed E-state index contributed by atoms with van der Waals surface area (Å²) < 4.78 is 1.50. The summed E-state index contributed by atoms with van der Waals surface area (Å²) in [5, 5.41) is 11.4. The number of nitrogens with one attached hydrogen (secondary N) is 1. The van der Waals surface area contributed by atoms with Crippen molar-refractivity contribution in [2.24, 2.45) is 4.99 Å². The molecular formula is C21H16ClN3O2S. The number of nitrogens with zero attached hydrogens (tertiary/aromatic N) is 2. The van der Waals surface area contributed by atoms with Crippen LogP contribution in [0.15, 0.2) is 52.3 Å². The number of benzene rings is 2. The normalized spacial score (nSPS) is 13.9. The second-order valence-corrected chi connectivity index (χ2v) is 7.16. The third-order valence-electron chi connectivity index (χ3n) is 4.65. The fourth-order valence-corrected chi connectivity index (χ4v) is 3.65. The van der Waals surface area contributed by atoms with Gasteiger partial charge in [0.15, 0.2) is 4.77 Å². The first-order valence-corrected chi connectivity index (χ1v) is 9.50. The summed E-state index contributed by atoms with van der Waals surface area (Å²) in [5.74, 6) is -0.239. The van der Waals surface area contributed by atoms with Crippen molar-refractivity contribution >= 4 is 47.4 Å². The molecule has 0 unspecified atom stereocenters. The molecule has 7 heteroatoms. The minimum absolute atomic E-state index is 0.0979. The van der Waals surface area contributed by atoms with E-state index in [2.05, 4.69) is 16.9 Å². The summed E-state index contributed by atoms with van der Waals surface area (Å²) in [4.78, 5) is 19.6. The standard InChI is InChI=1S/C21H16ClN3O2S/c1-2-12-4-3-5-16-13(11-23-18(12)16)10-17-19(26)24-21(28)25(20(17)27)15-8-6-14(22)7-9-15/h3-11,27H,2H2,1H3,(H,24,26,28). The van der Waals surface area contributed by atoms with Crippen LogP contribution < -0.4 is 5.56 Å². The number of aromatic amines is 1. The van der Waals surface area contributed by atoms with E-state index in [0.717, 1.165) is 28.8 Å². The van der Waals surface area contributed by atoms with Crippen LogP contribution in [0.2, 0.25) is 5.02 Å². The third kappa shape index (κ3) is 3.10. The average molecular weight is 410 g/mol. The molecule has 0 radical (unpaired) electrons. The molecule has 0 fully saturated rings. The summed E-state index contributed by atoms with van der Waals surface area (Å²) in [7, 11) is 0. The van der Waals surface area contributed by atoms with Gasteiger partial charge >= 0.3 is 0 Å². The fraction of sp³-hybridized carbons (Fsp3) is 0.0952. The van der Waals surface area contributed by atoms with Gasteiger partial charge in [0.2, 0.25) is 5.88 Å². The summed E-state index contributed by atoms with van der Waals surface area (Å²) in [5.41, 5.74) is 3.96. The van der Waals surface area contributed by atoms with E-state index in [4.69, 9.17) is 23.8 Å². The number of aromatic hydroxyl groups is 1. The van der Waals surface area contributed by atoms with Crippen LogP contribution >= 0.6 is 23.8 Å². The topological polar surface area (TPSA) is 70.4 Å². The van der Waals surface area contributed by atoms with Gasteiger partial charge in [-0.1, -0.05) is 36.7 Å². The zero-order valence-corrected chi connectivity index (χ0v) is 16.5. The van der Waals surface area contributed by atoms with E-state index in [9.17, 15) is 9.90 Å². The molecule has 3 aromatic rings. The predicted molar refractivity (Wildman–Crippen MR) is 116 cm³/mol. The van der Waals surface area contributed by atoms with Crippen molar-refractivity contribution in [2.45, 2.75) is 13.3 Å². The Labute approximate surface area is 171 Å². The predicted octanol–water partition coefficient (Wildman–Crippen LogP) is 5.07. The Balaban J connectivity index is 1.90. The fourth-order valence-electron chi connectivity index (χ4n) is 3.23. The first-order valence-electron chi connectivity index (χ1n) is 8.72. The van der Waals surface area contributed by atoms with Gasteiger partial charge < -0.3 is 5.11 Å². The molecular weight excluding hydrogens is 394 g/mol. The molecule has 1 aliphatic heterocycles. The van der Waals surface area contributed by atoms with Gasteiger partial charge in [0, 0.05) is 22.4 Å². The molecule has 0 aliphatic carbocycles. The van der Waals surface area contributed by atoms with E-state index in [-0.39, 0.29) is 16.2 Å². The lowest BCUT2D eigenvalue weighted by molar-refractivity contribution is 0.432. The lowest BCUT2D eigenvalue weighted by atomic mass is 10.0. The highest BCUT2D eigenvalue weighted by Gasteiger charge is 2.18. The van der Waals surface area contributed by atoms with Crippen LogP contribution in [0.3, 0.4) is 0 Å². The van der Waals surface area contributed by atoms with Crippen molar-refractivity contribution in [3.63, 3.8) is 0 Å². The lowest BCUT2D eigenvalue weighted by Crippen LogP contribution is -2.16. The van der Waals surface area contributed by atoms with Gasteiger partial charge in [-0.3, -0.25) is 19.3 Å². The number of aliphatic imine (C=N–C) groups is 1. The Morgan fingerprint density at radius 1 is 1.25 bits per heavy atom. The van der Waals surface area contributed by atoms with Crippen LogP contribution in [-0.4, -0.2) is 20.9 Å². The monoisotopic (exact) mass is 409 g/mol. The summed E-state index contributed by atoms with van der Waals surface area (Å²) in [6.45, 7) is 2.07. The highest BCUT2D eigenvalue weighted by Crippen LogP contribution is 2.36. The van der Waals surface area contributed by atoms with Gasteiger partial charge in [-0.05, 0) is 54.5 Å². The number of aryl methyl sites for hydroxylation is 1. The minimum atomic E-state index is -0.464. The molecule has 1 aromatic heterocycles. The van der Waals surface area contributed by atoms with Gasteiger partial charge in [-0.15, -0.1) is 0 Å². The van der Waals surface area contributed by atoms with Crippen LogP contribution in [0.25, 0.3) is 17.3 Å². The number of halogens is 1. The molecule has 0 amide bonds.